The summed E-state index contributed by atoms with van der Waals surface area (Å²) in [6, 6.07) is 0. The number of nitrogens with zero attached hydrogens (tertiary/aromatic N) is 1. The quantitative estimate of drug-likeness (QED) is 0.638. The molecule has 1 aliphatic rings. The third-order valence-electron chi connectivity index (χ3n) is 2.20. The molecule has 2 amide bonds. The van der Waals surface area contributed by atoms with Crippen LogP contribution < -0.4 is 0 Å². The van der Waals surface area contributed by atoms with Gasteiger partial charge in [-0.25, -0.2) is 0 Å². The summed E-state index contributed by atoms with van der Waals surface area (Å²) >= 11 is 3.05. The van der Waals surface area contributed by atoms with Gasteiger partial charge >= 0.3 is 0 Å². The van der Waals surface area contributed by atoms with E-state index in [9.17, 15) is 9.59 Å². The normalized spacial score (nSPS) is 21.6. The summed E-state index contributed by atoms with van der Waals surface area (Å²) in [6.45, 7) is 4.31. The van der Waals surface area contributed by atoms with Gasteiger partial charge in [-0.1, -0.05) is 29.8 Å². The second kappa shape index (κ2) is 3.17. The first kappa shape index (κ1) is 9.71. The van der Waals surface area contributed by atoms with E-state index in [1.165, 1.54) is 4.90 Å². The van der Waals surface area contributed by atoms with Gasteiger partial charge in [0.1, 0.15) is 0 Å². The monoisotopic (exact) mass is 233 g/mol. The summed E-state index contributed by atoms with van der Waals surface area (Å²) in [6.07, 6.45) is 0.768. The molecule has 0 saturated carbocycles. The van der Waals surface area contributed by atoms with Crippen LogP contribution in [-0.4, -0.2) is 28.6 Å². The molecule has 0 N–H and O–H groups in total. The van der Waals surface area contributed by atoms with Crippen molar-refractivity contribution >= 4 is 27.7 Å². The van der Waals surface area contributed by atoms with Crippen molar-refractivity contribution in [3.8, 4) is 0 Å². The Morgan fingerprint density at radius 2 is 2.25 bits per heavy atom. The molecule has 3 nitrogen and oxygen atoms in total. The van der Waals surface area contributed by atoms with Gasteiger partial charge in [0.2, 0.25) is 11.8 Å². The molecule has 1 fully saturated rings. The van der Waals surface area contributed by atoms with E-state index >= 15 is 0 Å². The van der Waals surface area contributed by atoms with Crippen molar-refractivity contribution in [2.45, 2.75) is 20.3 Å². The van der Waals surface area contributed by atoms with Crippen LogP contribution in [0.25, 0.3) is 0 Å². The summed E-state index contributed by atoms with van der Waals surface area (Å²) < 4.78 is 0. The van der Waals surface area contributed by atoms with Crippen LogP contribution >= 0.6 is 15.9 Å². The first-order chi connectivity index (χ1) is 5.49. The molecule has 1 rings (SSSR count). The summed E-state index contributed by atoms with van der Waals surface area (Å²) in [5.74, 6) is -0.183. The van der Waals surface area contributed by atoms with Crippen LogP contribution in [0.1, 0.15) is 20.3 Å². The van der Waals surface area contributed by atoms with E-state index in [0.29, 0.717) is 6.54 Å². The van der Waals surface area contributed by atoms with Gasteiger partial charge in [-0.15, -0.1) is 0 Å². The number of carbonyl (C=O) groups excluding carboxylic acids is 2. The lowest BCUT2D eigenvalue weighted by molar-refractivity contribution is -0.143. The van der Waals surface area contributed by atoms with Crippen LogP contribution in [0.3, 0.4) is 0 Å². The van der Waals surface area contributed by atoms with Crippen molar-refractivity contribution < 1.29 is 9.59 Å². The topological polar surface area (TPSA) is 37.4 Å². The highest BCUT2D eigenvalue weighted by Gasteiger charge is 2.40. The first-order valence-corrected chi connectivity index (χ1v) is 5.02. The Bertz CT molecular complexity index is 225. The van der Waals surface area contributed by atoms with Crippen molar-refractivity contribution in [1.82, 2.24) is 4.90 Å². The molecule has 68 valence electrons. The highest BCUT2D eigenvalue weighted by Crippen LogP contribution is 2.30. The molecule has 4 heteroatoms. The molecule has 0 atom stereocenters. The largest absolute Gasteiger partial charge is 0.281 e. The van der Waals surface area contributed by atoms with Crippen LogP contribution in [0.15, 0.2) is 0 Å². The van der Waals surface area contributed by atoms with Gasteiger partial charge < -0.3 is 0 Å². The van der Waals surface area contributed by atoms with Crippen LogP contribution in [-0.2, 0) is 9.59 Å². The Morgan fingerprint density at radius 1 is 1.67 bits per heavy atom. The highest BCUT2D eigenvalue weighted by molar-refractivity contribution is 9.09. The molecule has 1 aliphatic heterocycles. The van der Waals surface area contributed by atoms with E-state index in [4.69, 9.17) is 0 Å². The maximum absolute atomic E-state index is 11.5. The first-order valence-electron chi connectivity index (χ1n) is 3.90. The number of likely N-dealkylation sites (tertiary alicyclic amines) is 1. The number of halogens is 1. The second-order valence-corrected chi connectivity index (χ2v) is 4.18. The predicted octanol–water partition coefficient (Wildman–Crippen LogP) is 1.17. The van der Waals surface area contributed by atoms with Gasteiger partial charge in [-0.3, -0.25) is 14.5 Å². The number of imide groups is 1. The molecule has 12 heavy (non-hydrogen) atoms. The molecule has 0 aromatic rings. The number of rotatable bonds is 1. The van der Waals surface area contributed by atoms with Gasteiger partial charge in [0.25, 0.3) is 0 Å². The minimum atomic E-state index is -0.349. The Balaban J connectivity index is 2.74. The third kappa shape index (κ3) is 1.53. The van der Waals surface area contributed by atoms with Crippen molar-refractivity contribution in [1.29, 1.82) is 0 Å². The maximum Gasteiger partial charge on any atom is 0.239 e. The standard InChI is InChI=1S/C8H12BrNO2/c1-8(2)3-4-10(7(8)12)6(11)5-9/h3-5H2,1-2H3. The fourth-order valence-corrected chi connectivity index (χ4v) is 1.58. The zero-order valence-corrected chi connectivity index (χ0v) is 8.85. The van der Waals surface area contributed by atoms with E-state index in [1.54, 1.807) is 0 Å². The van der Waals surface area contributed by atoms with Crippen molar-refractivity contribution in [2.24, 2.45) is 5.41 Å². The average molecular weight is 234 g/mol. The minimum Gasteiger partial charge on any atom is -0.281 e. The molecule has 0 aromatic carbocycles. The van der Waals surface area contributed by atoms with Gasteiger partial charge in [0, 0.05) is 12.0 Å². The molecule has 0 aliphatic carbocycles. The molecule has 0 radical (unpaired) electrons. The Hall–Kier alpha value is -0.380. The zero-order chi connectivity index (χ0) is 9.35. The van der Waals surface area contributed by atoms with Crippen molar-refractivity contribution in [3.05, 3.63) is 0 Å². The molecule has 0 spiro atoms. The summed E-state index contributed by atoms with van der Waals surface area (Å²) in [4.78, 5) is 24.0. The Morgan fingerprint density at radius 3 is 2.58 bits per heavy atom. The zero-order valence-electron chi connectivity index (χ0n) is 7.26. The van der Waals surface area contributed by atoms with Crippen LogP contribution in [0.4, 0.5) is 0 Å². The summed E-state index contributed by atoms with van der Waals surface area (Å²) in [7, 11) is 0. The molecule has 1 saturated heterocycles. The van der Waals surface area contributed by atoms with E-state index in [-0.39, 0.29) is 22.6 Å². The summed E-state index contributed by atoms with van der Waals surface area (Å²) in [5, 5.41) is 0.231. The van der Waals surface area contributed by atoms with Gasteiger partial charge in [-0.05, 0) is 6.42 Å². The summed E-state index contributed by atoms with van der Waals surface area (Å²) in [5.41, 5.74) is -0.349. The lowest BCUT2D eigenvalue weighted by Gasteiger charge is -2.16. The minimum absolute atomic E-state index is 0.0491. The lowest BCUT2D eigenvalue weighted by atomic mass is 9.92. The van der Waals surface area contributed by atoms with Gasteiger partial charge in [0.15, 0.2) is 0 Å². The molecule has 1 heterocycles. The van der Waals surface area contributed by atoms with E-state index in [0.717, 1.165) is 6.42 Å². The number of carbonyl (C=O) groups is 2. The molecule has 0 aromatic heterocycles. The fourth-order valence-electron chi connectivity index (χ4n) is 1.28. The van der Waals surface area contributed by atoms with Gasteiger partial charge in [-0.2, -0.15) is 0 Å². The second-order valence-electron chi connectivity index (χ2n) is 3.62. The molecule has 0 unspecified atom stereocenters. The molecular weight excluding hydrogens is 222 g/mol. The van der Waals surface area contributed by atoms with Crippen LogP contribution in [0, 0.1) is 5.41 Å². The molecule has 0 bridgehead atoms. The average Bonchev–Trinajstić information content (AvgIpc) is 2.27. The Kier molecular flexibility index (Phi) is 2.56. The number of hydrogen-bond donors (Lipinski definition) is 0. The number of amides is 2. The highest BCUT2D eigenvalue weighted by atomic mass is 79.9. The lowest BCUT2D eigenvalue weighted by Crippen LogP contribution is -2.36. The number of alkyl halides is 1. The fraction of sp³-hybridized carbons (Fsp3) is 0.750. The van der Waals surface area contributed by atoms with Crippen LogP contribution in [0.2, 0.25) is 0 Å². The van der Waals surface area contributed by atoms with E-state index < -0.39 is 0 Å². The van der Waals surface area contributed by atoms with Crippen molar-refractivity contribution in [2.75, 3.05) is 11.9 Å². The van der Waals surface area contributed by atoms with Crippen molar-refractivity contribution in [3.63, 3.8) is 0 Å². The van der Waals surface area contributed by atoms with Crippen LogP contribution in [0.5, 0.6) is 0 Å². The van der Waals surface area contributed by atoms with E-state index in [2.05, 4.69) is 15.9 Å². The smallest absolute Gasteiger partial charge is 0.239 e. The predicted molar refractivity (Wildman–Crippen MR) is 48.9 cm³/mol. The van der Waals surface area contributed by atoms with Gasteiger partial charge in [0.05, 0.1) is 5.33 Å². The van der Waals surface area contributed by atoms with E-state index in [1.807, 2.05) is 13.8 Å². The number of hydrogen-bond acceptors (Lipinski definition) is 2. The SMILES string of the molecule is CC1(C)CCN(C(=O)CBr)C1=O. The Labute approximate surface area is 80.2 Å². The maximum atomic E-state index is 11.5. The third-order valence-corrected chi connectivity index (χ3v) is 2.68. The molecular formula is C8H12BrNO2.